The van der Waals surface area contributed by atoms with Gasteiger partial charge in [0.2, 0.25) is 5.91 Å². The SMILES string of the molecule is CC(C)C[C@H](NC(=O)c1ccccn1)C(=O)NCC(O)CNS(=O)(=O)c1ccccn1. The predicted octanol–water partition coefficient (Wildman–Crippen LogP) is 0.0767. The molecule has 4 N–H and O–H groups in total. The number of nitrogens with one attached hydrogen (secondary N) is 3. The fourth-order valence-electron chi connectivity index (χ4n) is 2.63. The summed E-state index contributed by atoms with van der Waals surface area (Å²) in [6, 6.07) is 8.51. The van der Waals surface area contributed by atoms with Crippen LogP contribution < -0.4 is 15.4 Å². The molecule has 0 radical (unpaired) electrons. The van der Waals surface area contributed by atoms with E-state index in [0.29, 0.717) is 6.42 Å². The Morgan fingerprint density at radius 3 is 2.29 bits per heavy atom. The van der Waals surface area contributed by atoms with Gasteiger partial charge in [-0.05, 0) is 36.6 Å². The van der Waals surface area contributed by atoms with Gasteiger partial charge in [-0.2, -0.15) is 0 Å². The predicted molar refractivity (Wildman–Crippen MR) is 113 cm³/mol. The number of carbonyl (C=O) groups is 2. The number of aliphatic hydroxyl groups is 1. The first-order chi connectivity index (χ1) is 14.7. The third-order valence-corrected chi connectivity index (χ3v) is 5.50. The second kappa shape index (κ2) is 11.5. The molecule has 10 nitrogen and oxygen atoms in total. The standard InChI is InChI=1S/C20H27N5O5S/c1-14(2)11-17(25-20(28)16-7-3-5-9-21-16)19(27)23-12-15(26)13-24-31(29,30)18-8-4-6-10-22-18/h3-10,14-15,17,24,26H,11-13H2,1-2H3,(H,23,27)(H,25,28)/t15?,17-/m0/s1. The van der Waals surface area contributed by atoms with Crippen molar-refractivity contribution in [2.45, 2.75) is 37.4 Å². The summed E-state index contributed by atoms with van der Waals surface area (Å²) >= 11 is 0. The van der Waals surface area contributed by atoms with E-state index >= 15 is 0 Å². The van der Waals surface area contributed by atoms with Gasteiger partial charge in [0.25, 0.3) is 15.9 Å². The van der Waals surface area contributed by atoms with Crippen molar-refractivity contribution in [2.75, 3.05) is 13.1 Å². The monoisotopic (exact) mass is 449 g/mol. The first-order valence-electron chi connectivity index (χ1n) is 9.77. The maximum atomic E-state index is 12.6. The van der Waals surface area contributed by atoms with Crippen LogP contribution in [0.25, 0.3) is 0 Å². The highest BCUT2D eigenvalue weighted by Crippen LogP contribution is 2.07. The molecule has 168 valence electrons. The fourth-order valence-corrected chi connectivity index (χ4v) is 3.65. The van der Waals surface area contributed by atoms with Gasteiger partial charge in [0.1, 0.15) is 11.7 Å². The van der Waals surface area contributed by atoms with Crippen molar-refractivity contribution in [3.63, 3.8) is 0 Å². The number of carbonyl (C=O) groups excluding carboxylic acids is 2. The van der Waals surface area contributed by atoms with Crippen LogP contribution in [0.5, 0.6) is 0 Å². The van der Waals surface area contributed by atoms with E-state index in [0.717, 1.165) is 0 Å². The van der Waals surface area contributed by atoms with Gasteiger partial charge in [-0.15, -0.1) is 0 Å². The number of aromatic nitrogens is 2. The first kappa shape index (κ1) is 24.4. The van der Waals surface area contributed by atoms with Crippen LogP contribution in [0, 0.1) is 5.92 Å². The molecule has 0 aliphatic carbocycles. The van der Waals surface area contributed by atoms with Gasteiger partial charge in [0.15, 0.2) is 5.03 Å². The average Bonchev–Trinajstić information content (AvgIpc) is 2.76. The summed E-state index contributed by atoms with van der Waals surface area (Å²) in [5.41, 5.74) is 0.188. The molecular weight excluding hydrogens is 422 g/mol. The highest BCUT2D eigenvalue weighted by molar-refractivity contribution is 7.89. The molecule has 0 bridgehead atoms. The lowest BCUT2D eigenvalue weighted by atomic mass is 10.0. The molecule has 0 aromatic carbocycles. The van der Waals surface area contributed by atoms with Crippen molar-refractivity contribution in [2.24, 2.45) is 5.92 Å². The Kier molecular flexibility index (Phi) is 9.03. The van der Waals surface area contributed by atoms with E-state index in [1.807, 2.05) is 13.8 Å². The molecule has 2 aromatic rings. The summed E-state index contributed by atoms with van der Waals surface area (Å²) in [7, 11) is -3.87. The fraction of sp³-hybridized carbons (Fsp3) is 0.400. The Morgan fingerprint density at radius 1 is 1.03 bits per heavy atom. The van der Waals surface area contributed by atoms with Crippen LogP contribution in [-0.4, -0.2) is 60.5 Å². The third kappa shape index (κ3) is 8.04. The van der Waals surface area contributed by atoms with Gasteiger partial charge in [0, 0.05) is 25.5 Å². The molecule has 11 heteroatoms. The summed E-state index contributed by atoms with van der Waals surface area (Å²) in [4.78, 5) is 32.6. The zero-order valence-electron chi connectivity index (χ0n) is 17.4. The van der Waals surface area contributed by atoms with Gasteiger partial charge < -0.3 is 15.7 Å². The summed E-state index contributed by atoms with van der Waals surface area (Å²) in [6.45, 7) is 3.31. The topological polar surface area (TPSA) is 150 Å². The lowest BCUT2D eigenvalue weighted by Crippen LogP contribution is -2.50. The molecule has 2 aromatic heterocycles. The lowest BCUT2D eigenvalue weighted by molar-refractivity contribution is -0.123. The number of nitrogens with zero attached hydrogens (tertiary/aromatic N) is 2. The molecule has 0 aliphatic heterocycles. The molecule has 2 heterocycles. The third-order valence-electron chi connectivity index (χ3n) is 4.16. The van der Waals surface area contributed by atoms with Gasteiger partial charge in [-0.25, -0.2) is 18.1 Å². The molecule has 2 rings (SSSR count). The second-order valence-electron chi connectivity index (χ2n) is 7.29. The second-order valence-corrected chi connectivity index (χ2v) is 9.00. The van der Waals surface area contributed by atoms with E-state index in [4.69, 9.17) is 0 Å². The van der Waals surface area contributed by atoms with Crippen LogP contribution in [0.15, 0.2) is 53.8 Å². The summed E-state index contributed by atoms with van der Waals surface area (Å²) in [5.74, 6) is -0.843. The van der Waals surface area contributed by atoms with Crippen molar-refractivity contribution in [1.82, 2.24) is 25.3 Å². The van der Waals surface area contributed by atoms with Gasteiger partial charge >= 0.3 is 0 Å². The summed E-state index contributed by atoms with van der Waals surface area (Å²) in [6.07, 6.45) is 2.04. The lowest BCUT2D eigenvalue weighted by Gasteiger charge is -2.21. The number of hydrogen-bond acceptors (Lipinski definition) is 7. The van der Waals surface area contributed by atoms with Crippen molar-refractivity contribution in [3.8, 4) is 0 Å². The minimum Gasteiger partial charge on any atom is -0.390 e. The van der Waals surface area contributed by atoms with Crippen LogP contribution in [0.4, 0.5) is 0 Å². The molecule has 0 saturated carbocycles. The molecule has 0 spiro atoms. The highest BCUT2D eigenvalue weighted by Gasteiger charge is 2.24. The smallest absolute Gasteiger partial charge is 0.270 e. The molecular formula is C20H27N5O5S. The molecule has 31 heavy (non-hydrogen) atoms. The Morgan fingerprint density at radius 2 is 1.71 bits per heavy atom. The molecule has 0 saturated heterocycles. The van der Waals surface area contributed by atoms with E-state index < -0.39 is 34.0 Å². The van der Waals surface area contributed by atoms with Crippen LogP contribution in [0.1, 0.15) is 30.8 Å². The van der Waals surface area contributed by atoms with E-state index in [1.54, 1.807) is 18.2 Å². The molecule has 0 fully saturated rings. The highest BCUT2D eigenvalue weighted by atomic mass is 32.2. The first-order valence-corrected chi connectivity index (χ1v) is 11.3. The molecule has 2 amide bonds. The van der Waals surface area contributed by atoms with E-state index in [-0.39, 0.29) is 29.7 Å². The summed E-state index contributed by atoms with van der Waals surface area (Å²) in [5, 5.41) is 15.1. The van der Waals surface area contributed by atoms with Gasteiger partial charge in [0.05, 0.1) is 6.10 Å². The number of pyridine rings is 2. The van der Waals surface area contributed by atoms with Crippen LogP contribution in [-0.2, 0) is 14.8 Å². The number of rotatable bonds is 11. The van der Waals surface area contributed by atoms with Crippen molar-refractivity contribution in [3.05, 3.63) is 54.5 Å². The van der Waals surface area contributed by atoms with Crippen LogP contribution in [0.2, 0.25) is 0 Å². The number of amides is 2. The number of sulfonamides is 1. The maximum absolute atomic E-state index is 12.6. The Labute approximate surface area is 181 Å². The Hall–Kier alpha value is -2.89. The van der Waals surface area contributed by atoms with Crippen LogP contribution in [0.3, 0.4) is 0 Å². The maximum Gasteiger partial charge on any atom is 0.270 e. The van der Waals surface area contributed by atoms with Gasteiger partial charge in [-0.3, -0.25) is 14.6 Å². The van der Waals surface area contributed by atoms with E-state index in [1.165, 1.54) is 30.6 Å². The minimum atomic E-state index is -3.87. The molecule has 2 atom stereocenters. The van der Waals surface area contributed by atoms with E-state index in [2.05, 4.69) is 25.3 Å². The number of aliphatic hydroxyl groups excluding tert-OH is 1. The Bertz CT molecular complexity index is 954. The van der Waals surface area contributed by atoms with Crippen LogP contribution >= 0.6 is 0 Å². The van der Waals surface area contributed by atoms with Crippen molar-refractivity contribution >= 4 is 21.8 Å². The zero-order valence-corrected chi connectivity index (χ0v) is 18.2. The average molecular weight is 450 g/mol. The van der Waals surface area contributed by atoms with Crippen molar-refractivity contribution in [1.29, 1.82) is 0 Å². The number of hydrogen-bond donors (Lipinski definition) is 4. The Balaban J connectivity index is 1.88. The minimum absolute atomic E-state index is 0.120. The molecule has 1 unspecified atom stereocenters. The van der Waals surface area contributed by atoms with E-state index in [9.17, 15) is 23.1 Å². The zero-order chi connectivity index (χ0) is 22.9. The van der Waals surface area contributed by atoms with Crippen molar-refractivity contribution < 1.29 is 23.1 Å². The molecule has 0 aliphatic rings. The quantitative estimate of drug-likeness (QED) is 0.379. The van der Waals surface area contributed by atoms with Gasteiger partial charge in [-0.1, -0.05) is 26.0 Å². The normalized spacial score (nSPS) is 13.4. The summed E-state index contributed by atoms with van der Waals surface area (Å²) < 4.78 is 26.5. The largest absolute Gasteiger partial charge is 0.390 e.